The standard InChI is InChI=1S/4C15H13N2O2S2.2C10H8N2.2Cu/c4*1-10-8-13-14(9-11(10)2)20-15(16-13)17-21(18,19)12-6-4-3-5-7-12;2*1-3-7-11-9(5-1)10-6-2-4-8-12-10;;/h4*3-9H,1-2H3;2*1-8H;;/q4*-1;;;2*+2. The molecule has 0 atom stereocenters. The molecule has 2 radical (unpaired) electrons. The Morgan fingerprint density at radius 3 is 0.836 bits per heavy atom. The normalized spacial score (nSPS) is 11.5. The van der Waals surface area contributed by atoms with Crippen LogP contribution in [-0.2, 0) is 74.2 Å². The number of hydrogen-bond acceptors (Lipinski definition) is 18. The van der Waals surface area contributed by atoms with E-state index in [0.29, 0.717) is 0 Å². The number of aryl methyl sites for hydroxylation is 8. The fourth-order valence-electron chi connectivity index (χ4n) is 9.88. The number of sulfonamides is 4. The average molecular weight is 1710 g/mol. The van der Waals surface area contributed by atoms with Gasteiger partial charge in [0, 0.05) is 63.5 Å². The monoisotopic (exact) mass is 1710 g/mol. The molecule has 0 N–H and O–H groups in total. The zero-order valence-corrected chi connectivity index (χ0v) is 68.3. The second-order valence-electron chi connectivity index (χ2n) is 24.0. The maximum atomic E-state index is 12.2. The molecule has 0 saturated carbocycles. The Morgan fingerprint density at radius 2 is 0.555 bits per heavy atom. The molecule has 110 heavy (non-hydrogen) atoms. The van der Waals surface area contributed by atoms with E-state index in [2.05, 4.69) is 58.1 Å². The van der Waals surface area contributed by atoms with Crippen LogP contribution in [0.25, 0.3) is 73.1 Å². The van der Waals surface area contributed by atoms with Gasteiger partial charge in [0.2, 0.25) is 40.1 Å². The van der Waals surface area contributed by atoms with Gasteiger partial charge in [0.15, 0.2) is 0 Å². The Hall–Kier alpha value is -10.0. The maximum absolute atomic E-state index is 12.2. The van der Waals surface area contributed by atoms with Crippen LogP contribution < -0.4 is 19.6 Å². The minimum absolute atomic E-state index is 0. The molecule has 8 aromatic heterocycles. The molecule has 0 bridgehead atoms. The van der Waals surface area contributed by atoms with Crippen molar-refractivity contribution in [3.05, 3.63) is 331 Å². The number of nitrogens with zero attached hydrogens (tertiary/aromatic N) is 12. The van der Waals surface area contributed by atoms with Crippen LogP contribution in [0.5, 0.6) is 0 Å². The van der Waals surface area contributed by atoms with Gasteiger partial charge in [-0.2, -0.15) is 0 Å². The van der Waals surface area contributed by atoms with E-state index in [9.17, 15) is 33.7 Å². The summed E-state index contributed by atoms with van der Waals surface area (Å²) in [6, 6.07) is 71.7. The van der Waals surface area contributed by atoms with E-state index >= 15 is 0 Å². The first-order valence-corrected chi connectivity index (χ1v) is 42.1. The van der Waals surface area contributed by atoms with Crippen LogP contribution in [-0.4, -0.2) is 63.6 Å². The molecule has 0 aliphatic carbocycles. The summed E-state index contributed by atoms with van der Waals surface area (Å²) in [6.45, 7) is 16.1. The van der Waals surface area contributed by atoms with E-state index in [1.807, 2.05) is 177 Å². The van der Waals surface area contributed by atoms with Gasteiger partial charge in [-0.15, -0.1) is 45.3 Å². The van der Waals surface area contributed by atoms with Gasteiger partial charge in [-0.25, -0.2) is 33.7 Å². The third kappa shape index (κ3) is 22.6. The van der Waals surface area contributed by atoms with Gasteiger partial charge in [-0.1, -0.05) is 121 Å². The molecule has 8 heterocycles. The van der Waals surface area contributed by atoms with Gasteiger partial charge < -0.3 is 38.2 Å². The van der Waals surface area contributed by atoms with E-state index in [4.69, 9.17) is 0 Å². The maximum Gasteiger partial charge on any atom is 2.00 e. The van der Waals surface area contributed by atoms with Gasteiger partial charge >= 0.3 is 34.1 Å². The third-order valence-electron chi connectivity index (χ3n) is 16.1. The number of benzene rings is 8. The van der Waals surface area contributed by atoms with E-state index in [0.717, 1.165) is 108 Å². The number of pyridine rings is 4. The van der Waals surface area contributed by atoms with Crippen molar-refractivity contribution >= 4 is 137 Å². The van der Waals surface area contributed by atoms with E-state index in [1.165, 1.54) is 93.9 Å². The summed E-state index contributed by atoms with van der Waals surface area (Å²) in [5, 5.41) is 0.526. The number of hydrogen-bond donors (Lipinski definition) is 0. The smallest absolute Gasteiger partial charge is 0.426 e. The summed E-state index contributed by atoms with van der Waals surface area (Å²) in [5.74, 6) is 0. The van der Waals surface area contributed by atoms with E-state index in [-0.39, 0.29) is 73.6 Å². The Bertz CT molecular complexity index is 5780. The zero-order valence-electron chi connectivity index (χ0n) is 59.9. The van der Waals surface area contributed by atoms with Crippen LogP contribution in [0.15, 0.2) is 296 Å². The van der Waals surface area contributed by atoms with Gasteiger partial charge in [0.25, 0.3) is 0 Å². The van der Waals surface area contributed by atoms with Crippen LogP contribution in [0, 0.1) is 55.4 Å². The number of thiazole rings is 4. The summed E-state index contributed by atoms with van der Waals surface area (Å²) in [4.78, 5) is 35.2. The van der Waals surface area contributed by atoms with Crippen molar-refractivity contribution in [2.45, 2.75) is 75.0 Å². The van der Waals surface area contributed by atoms with Crippen molar-refractivity contribution in [1.82, 2.24) is 39.9 Å². The fraction of sp³-hybridized carbons (Fsp3) is 0.100. The number of fused-ring (bicyclic) bond motifs is 4. The van der Waals surface area contributed by atoms with Crippen molar-refractivity contribution in [3.63, 3.8) is 0 Å². The summed E-state index contributed by atoms with van der Waals surface area (Å²) >= 11 is 5.14. The first kappa shape index (κ1) is 84.0. The Kier molecular flexibility index (Phi) is 29.1. The number of aromatic nitrogens is 8. The average Bonchev–Trinajstić information content (AvgIpc) is 1.68. The first-order chi connectivity index (χ1) is 51.7. The molecule has 566 valence electrons. The van der Waals surface area contributed by atoms with Crippen molar-refractivity contribution in [3.8, 4) is 22.8 Å². The van der Waals surface area contributed by atoms with E-state index < -0.39 is 40.1 Å². The summed E-state index contributed by atoms with van der Waals surface area (Å²) in [6.07, 6.45) is 7.07. The molecule has 16 rings (SSSR count). The predicted molar refractivity (Wildman–Crippen MR) is 434 cm³/mol. The summed E-state index contributed by atoms with van der Waals surface area (Å²) < 4.78 is 117. The molecule has 0 aliphatic heterocycles. The second kappa shape index (κ2) is 38.1. The van der Waals surface area contributed by atoms with Crippen LogP contribution in [0.1, 0.15) is 44.5 Å². The van der Waals surface area contributed by atoms with Crippen molar-refractivity contribution in [2.24, 2.45) is 8.80 Å². The molecular formula is C80H68Cu2N12O8S8. The molecule has 20 nitrogen and oxygen atoms in total. The molecule has 8 aromatic carbocycles. The van der Waals surface area contributed by atoms with Crippen LogP contribution in [0.4, 0.5) is 10.3 Å². The van der Waals surface area contributed by atoms with Crippen LogP contribution >= 0.6 is 45.3 Å². The van der Waals surface area contributed by atoms with Crippen LogP contribution in [0.2, 0.25) is 0 Å². The summed E-state index contributed by atoms with van der Waals surface area (Å²) in [5.41, 5.74) is 15.9. The third-order valence-corrected chi connectivity index (χ3v) is 25.3. The minimum Gasteiger partial charge on any atom is -0.426 e. The second-order valence-corrected chi connectivity index (χ2v) is 34.4. The molecule has 30 heteroatoms. The fourth-order valence-corrected chi connectivity index (χ4v) is 18.2. The number of rotatable bonds is 12. The van der Waals surface area contributed by atoms with Crippen molar-refractivity contribution in [2.75, 3.05) is 0 Å². The van der Waals surface area contributed by atoms with Gasteiger partial charge in [-0.05, 0) is 243 Å². The van der Waals surface area contributed by atoms with Gasteiger partial charge in [0.05, 0.1) is 42.4 Å². The molecule has 0 unspecified atom stereocenters. The Balaban J connectivity index is 0.000000153. The molecule has 0 spiro atoms. The molecule has 16 aromatic rings. The largest absolute Gasteiger partial charge is 2.00 e. The molecular weight excluding hydrogens is 1640 g/mol. The molecule has 0 amide bonds. The predicted octanol–water partition coefficient (Wildman–Crippen LogP) is 18.4. The Morgan fingerprint density at radius 1 is 0.300 bits per heavy atom. The van der Waals surface area contributed by atoms with Gasteiger partial charge in [-0.3, -0.25) is 19.9 Å². The summed E-state index contributed by atoms with van der Waals surface area (Å²) in [7, 11) is -14.8. The van der Waals surface area contributed by atoms with Gasteiger partial charge in [0.1, 0.15) is 0 Å². The topological polar surface area (TPSA) is 295 Å². The molecule has 0 saturated heterocycles. The van der Waals surface area contributed by atoms with E-state index in [1.54, 1.807) is 97.6 Å². The Labute approximate surface area is 675 Å². The SMILES string of the molecule is Cc1cc2[n-]/c(=N/S(=O)(=O)c3ccccc3)sc2cc1C.Cc1cc2[n-]/c(=N/S(=O)(=O)c3ccccc3)sc2cc1C.Cc1cc2nc([N-]S(=O)(=O)c3ccccc3)sc2cc1C.Cc1cc2nc([N-]S(=O)(=O)c3ccccc3)sc2cc1C.[Cu+2].[Cu+2].c1ccc(-c2ccccn2)nc1.c1ccc(-c2ccccn2)nc1. The molecule has 0 aliphatic rings. The minimum atomic E-state index is -3.71. The first-order valence-electron chi connectivity index (χ1n) is 33.0. The quantitative estimate of drug-likeness (QED) is 0.103. The van der Waals surface area contributed by atoms with Crippen molar-refractivity contribution in [1.29, 1.82) is 0 Å². The van der Waals surface area contributed by atoms with Crippen LogP contribution in [0.3, 0.4) is 0 Å². The zero-order chi connectivity index (χ0) is 76.6. The molecule has 0 fully saturated rings. The van der Waals surface area contributed by atoms with Crippen molar-refractivity contribution < 1.29 is 67.8 Å².